The van der Waals surface area contributed by atoms with Crippen LogP contribution in [0.4, 0.5) is 0 Å². The van der Waals surface area contributed by atoms with Gasteiger partial charge in [-0.15, -0.1) is 22.9 Å². The number of hydrogen-bond acceptors (Lipinski definition) is 2. The number of alkyl halides is 1. The van der Waals surface area contributed by atoms with Crippen LogP contribution in [-0.2, 0) is 37.5 Å². The molecule has 22 heavy (non-hydrogen) atoms. The van der Waals surface area contributed by atoms with E-state index in [1.807, 2.05) is 36.9 Å². The summed E-state index contributed by atoms with van der Waals surface area (Å²) in [4.78, 5) is 14.1. The third kappa shape index (κ3) is 4.42. The van der Waals surface area contributed by atoms with E-state index in [0.717, 1.165) is 22.6 Å². The molecule has 1 heterocycles. The van der Waals surface area contributed by atoms with Crippen molar-refractivity contribution in [1.82, 2.24) is 4.90 Å². The molecule has 1 aromatic rings. The monoisotopic (exact) mass is 485 g/mol. The fourth-order valence-electron chi connectivity index (χ4n) is 2.35. The third-order valence-electron chi connectivity index (χ3n) is 3.39. The second kappa shape index (κ2) is 9.19. The van der Waals surface area contributed by atoms with E-state index in [2.05, 4.69) is 35.2 Å². The number of amides is 1. The first-order valence-corrected chi connectivity index (χ1v) is 8.24. The molecular formula is C17H19INO2Y-. The summed E-state index contributed by atoms with van der Waals surface area (Å²) in [6, 6.07) is 5.91. The van der Waals surface area contributed by atoms with Crippen molar-refractivity contribution in [2.75, 3.05) is 13.2 Å². The van der Waals surface area contributed by atoms with Crippen molar-refractivity contribution in [2.24, 2.45) is 0 Å². The van der Waals surface area contributed by atoms with E-state index >= 15 is 0 Å². The molecule has 1 aromatic carbocycles. The summed E-state index contributed by atoms with van der Waals surface area (Å²) in [5, 5.41) is 0. The second-order valence-electron chi connectivity index (χ2n) is 4.86. The standard InChI is InChI=1S/C17H19INO2.Y/c1-4-10-21-13-6-7-14(12(3)11-13)16-9-8-15(18)17(20)19(16)5-2;/h4,6-7,11,15H,1,5,8,10H2,2-3H3;/q-1;. The number of rotatable bonds is 5. The molecule has 1 radical (unpaired) electrons. The zero-order chi connectivity index (χ0) is 15.4. The molecular weight excluding hydrogens is 466 g/mol. The predicted octanol–water partition coefficient (Wildman–Crippen LogP) is 3.76. The third-order valence-corrected chi connectivity index (χ3v) is 4.36. The number of benzene rings is 1. The molecule has 3 nitrogen and oxygen atoms in total. The molecule has 115 valence electrons. The maximum Gasteiger partial charge on any atom is 0.235 e. The van der Waals surface area contributed by atoms with Crippen LogP contribution in [-0.4, -0.2) is 27.9 Å². The largest absolute Gasteiger partial charge is 0.490 e. The van der Waals surface area contributed by atoms with Crippen molar-refractivity contribution >= 4 is 34.2 Å². The van der Waals surface area contributed by atoms with E-state index in [0.29, 0.717) is 19.6 Å². The quantitative estimate of drug-likeness (QED) is 0.275. The number of hydrogen-bond donors (Lipinski definition) is 0. The minimum atomic E-state index is -0.0122. The molecule has 2 rings (SSSR count). The smallest absolute Gasteiger partial charge is 0.235 e. The minimum Gasteiger partial charge on any atom is -0.490 e. The molecule has 0 aliphatic carbocycles. The Bertz CT molecular complexity index is 586. The zero-order valence-corrected chi connectivity index (χ0v) is 17.9. The van der Waals surface area contributed by atoms with Gasteiger partial charge in [0.05, 0.1) is 3.92 Å². The minimum absolute atomic E-state index is 0. The number of allylic oxidation sites excluding steroid dienone is 1. The van der Waals surface area contributed by atoms with Gasteiger partial charge in [-0.3, -0.25) is 4.79 Å². The van der Waals surface area contributed by atoms with E-state index in [1.54, 1.807) is 6.08 Å². The Kier molecular flexibility index (Phi) is 8.29. The van der Waals surface area contributed by atoms with Crippen LogP contribution in [0.25, 0.3) is 5.70 Å². The van der Waals surface area contributed by atoms with Crippen molar-refractivity contribution in [1.29, 1.82) is 0 Å². The topological polar surface area (TPSA) is 29.5 Å². The van der Waals surface area contributed by atoms with E-state index in [4.69, 9.17) is 4.74 Å². The van der Waals surface area contributed by atoms with Gasteiger partial charge in [0.2, 0.25) is 5.91 Å². The van der Waals surface area contributed by atoms with Gasteiger partial charge in [0, 0.05) is 39.3 Å². The summed E-state index contributed by atoms with van der Waals surface area (Å²) >= 11 is 2.18. The van der Waals surface area contributed by atoms with Crippen LogP contribution < -0.4 is 4.74 Å². The number of ether oxygens (including phenoxy) is 1. The Morgan fingerprint density at radius 1 is 1.55 bits per heavy atom. The first-order valence-electron chi connectivity index (χ1n) is 6.99. The van der Waals surface area contributed by atoms with E-state index in [1.165, 1.54) is 0 Å². The molecule has 0 bridgehead atoms. The van der Waals surface area contributed by atoms with Gasteiger partial charge < -0.3 is 9.64 Å². The predicted molar refractivity (Wildman–Crippen MR) is 93.3 cm³/mol. The van der Waals surface area contributed by atoms with Crippen molar-refractivity contribution in [3.05, 3.63) is 48.1 Å². The summed E-state index contributed by atoms with van der Waals surface area (Å²) < 4.78 is 5.53. The average molecular weight is 485 g/mol. The Balaban J connectivity index is 0.00000242. The van der Waals surface area contributed by atoms with Crippen molar-refractivity contribution in [3.8, 4) is 5.75 Å². The van der Waals surface area contributed by atoms with Gasteiger partial charge >= 0.3 is 0 Å². The first-order chi connectivity index (χ1) is 10.1. The summed E-state index contributed by atoms with van der Waals surface area (Å²) in [6.07, 6.45) is 5.76. The van der Waals surface area contributed by atoms with Crippen molar-refractivity contribution < 1.29 is 42.2 Å². The molecule has 1 atom stereocenters. The second-order valence-corrected chi connectivity index (χ2v) is 6.36. The molecule has 0 spiro atoms. The summed E-state index contributed by atoms with van der Waals surface area (Å²) in [6.45, 7) is 8.81. The van der Waals surface area contributed by atoms with Crippen LogP contribution in [0.15, 0.2) is 30.9 Å². The zero-order valence-electron chi connectivity index (χ0n) is 12.9. The van der Waals surface area contributed by atoms with Crippen molar-refractivity contribution in [3.63, 3.8) is 0 Å². The summed E-state index contributed by atoms with van der Waals surface area (Å²) in [7, 11) is 0. The van der Waals surface area contributed by atoms with Gasteiger partial charge in [-0.25, -0.2) is 6.08 Å². The number of halogens is 1. The number of nitrogens with zero attached hydrogens (tertiary/aromatic N) is 1. The van der Waals surface area contributed by atoms with Gasteiger partial charge in [-0.2, -0.15) is 0 Å². The molecule has 0 fully saturated rings. The molecule has 0 N–H and O–H groups in total. The fourth-order valence-corrected chi connectivity index (χ4v) is 2.91. The Morgan fingerprint density at radius 3 is 2.86 bits per heavy atom. The van der Waals surface area contributed by atoms with Gasteiger partial charge in [0.25, 0.3) is 0 Å². The number of carbonyl (C=O) groups excluding carboxylic acids is 1. The molecule has 1 unspecified atom stereocenters. The first kappa shape index (κ1) is 19.8. The molecule has 1 aliphatic heterocycles. The van der Waals surface area contributed by atoms with E-state index < -0.39 is 0 Å². The Morgan fingerprint density at radius 2 is 2.27 bits per heavy atom. The van der Waals surface area contributed by atoms with E-state index in [9.17, 15) is 4.79 Å². The molecule has 0 aromatic heterocycles. The fraction of sp³-hybridized carbons (Fsp3) is 0.353. The van der Waals surface area contributed by atoms with Crippen LogP contribution in [0.2, 0.25) is 0 Å². The van der Waals surface area contributed by atoms with Crippen LogP contribution >= 0.6 is 22.6 Å². The van der Waals surface area contributed by atoms with Crippen LogP contribution in [0, 0.1) is 13.0 Å². The van der Waals surface area contributed by atoms with E-state index in [-0.39, 0.29) is 42.5 Å². The summed E-state index contributed by atoms with van der Waals surface area (Å²) in [5.74, 6) is 0.979. The SMILES string of the molecule is C=CCOc1ccc(C2=[C-]CC(I)C(=O)N2CC)c(C)c1.[Y]. The normalized spacial score (nSPS) is 17.6. The van der Waals surface area contributed by atoms with Crippen LogP contribution in [0.1, 0.15) is 24.5 Å². The molecule has 0 saturated heterocycles. The molecule has 1 aliphatic rings. The van der Waals surface area contributed by atoms with Gasteiger partial charge in [-0.1, -0.05) is 48.6 Å². The number of carbonyl (C=O) groups is 1. The summed E-state index contributed by atoms with van der Waals surface area (Å²) in [5.41, 5.74) is 3.01. The maximum absolute atomic E-state index is 12.3. The van der Waals surface area contributed by atoms with Crippen LogP contribution in [0.5, 0.6) is 5.75 Å². The maximum atomic E-state index is 12.3. The Labute approximate surface area is 171 Å². The van der Waals surface area contributed by atoms with Gasteiger partial charge in [-0.05, 0) is 19.1 Å². The molecule has 0 saturated carbocycles. The van der Waals surface area contributed by atoms with Gasteiger partial charge in [0.1, 0.15) is 12.4 Å². The Hall–Kier alpha value is -0.196. The van der Waals surface area contributed by atoms with Crippen LogP contribution in [0.3, 0.4) is 0 Å². The number of aryl methyl sites for hydroxylation is 1. The molecule has 5 heteroatoms. The van der Waals surface area contributed by atoms with Crippen molar-refractivity contribution in [2.45, 2.75) is 24.2 Å². The molecule has 1 amide bonds. The average Bonchev–Trinajstić information content (AvgIpc) is 2.48. The van der Waals surface area contributed by atoms with Gasteiger partial charge in [0.15, 0.2) is 0 Å².